The number of hydrogen-bond donors (Lipinski definition) is 0. The molecule has 5 nitrogen and oxygen atoms in total. The van der Waals surface area contributed by atoms with Gasteiger partial charge in [0.2, 0.25) is 0 Å². The summed E-state index contributed by atoms with van der Waals surface area (Å²) in [6, 6.07) is 4.84. The Bertz CT molecular complexity index is 554. The Morgan fingerprint density at radius 3 is 2.80 bits per heavy atom. The van der Waals surface area contributed by atoms with Crippen LogP contribution in [0.4, 0.5) is 0 Å². The molecule has 2 aromatic heterocycles. The van der Waals surface area contributed by atoms with Crippen LogP contribution in [-0.2, 0) is 7.05 Å². The van der Waals surface area contributed by atoms with Crippen LogP contribution in [0.2, 0.25) is 0 Å². The molecule has 0 aliphatic rings. The van der Waals surface area contributed by atoms with Crippen LogP contribution in [0.25, 0.3) is 5.82 Å². The Hall–Kier alpha value is -2.17. The Balaban J connectivity index is 2.69. The smallest absolute Gasteiger partial charge is 0.266 e. The lowest BCUT2D eigenvalue weighted by atomic mass is 10.3. The first-order valence-electron chi connectivity index (χ1n) is 4.39. The average Bonchev–Trinajstić information content (AvgIpc) is 2.65. The molecule has 0 bridgehead atoms. The summed E-state index contributed by atoms with van der Waals surface area (Å²) in [6.45, 7) is 0. The van der Waals surface area contributed by atoms with Crippen molar-refractivity contribution in [1.82, 2.24) is 14.3 Å². The van der Waals surface area contributed by atoms with Gasteiger partial charge in [-0.3, -0.25) is 18.8 Å². The van der Waals surface area contributed by atoms with Crippen molar-refractivity contribution in [3.63, 3.8) is 0 Å². The van der Waals surface area contributed by atoms with E-state index in [0.717, 1.165) is 0 Å². The molecule has 0 spiro atoms. The first-order valence-corrected chi connectivity index (χ1v) is 4.39. The second kappa shape index (κ2) is 3.53. The van der Waals surface area contributed by atoms with Crippen LogP contribution in [0.1, 0.15) is 10.4 Å². The van der Waals surface area contributed by atoms with Crippen molar-refractivity contribution >= 4 is 6.29 Å². The van der Waals surface area contributed by atoms with Gasteiger partial charge in [0.05, 0.1) is 11.8 Å². The summed E-state index contributed by atoms with van der Waals surface area (Å²) in [5.41, 5.74) is -0.199. The normalized spacial score (nSPS) is 10.2. The molecular formula is C10H9N3O2. The molecule has 0 N–H and O–H groups in total. The van der Waals surface area contributed by atoms with E-state index in [4.69, 9.17) is 0 Å². The Labute approximate surface area is 85.6 Å². The third kappa shape index (κ3) is 1.48. The number of nitrogens with zero attached hydrogens (tertiary/aromatic N) is 3. The molecule has 0 aliphatic heterocycles. The van der Waals surface area contributed by atoms with Gasteiger partial charge >= 0.3 is 0 Å². The van der Waals surface area contributed by atoms with Crippen molar-refractivity contribution in [2.75, 3.05) is 0 Å². The van der Waals surface area contributed by atoms with Gasteiger partial charge in [0.25, 0.3) is 5.56 Å². The van der Waals surface area contributed by atoms with Gasteiger partial charge in [-0.15, -0.1) is 0 Å². The highest BCUT2D eigenvalue weighted by molar-refractivity contribution is 5.73. The van der Waals surface area contributed by atoms with Gasteiger partial charge in [0.15, 0.2) is 6.29 Å². The topological polar surface area (TPSA) is 56.9 Å². The van der Waals surface area contributed by atoms with Gasteiger partial charge in [0.1, 0.15) is 5.82 Å². The van der Waals surface area contributed by atoms with Crippen LogP contribution < -0.4 is 5.56 Å². The van der Waals surface area contributed by atoms with Gasteiger partial charge in [0, 0.05) is 19.3 Å². The van der Waals surface area contributed by atoms with Gasteiger partial charge in [-0.2, -0.15) is 5.10 Å². The number of pyridine rings is 1. The maximum atomic E-state index is 11.7. The lowest BCUT2D eigenvalue weighted by molar-refractivity contribution is 0.112. The van der Waals surface area contributed by atoms with E-state index in [1.54, 1.807) is 36.3 Å². The molecule has 0 saturated carbocycles. The number of carbonyl (C=O) groups excluding carboxylic acids is 1. The fraction of sp³-hybridized carbons (Fsp3) is 0.100. The fourth-order valence-electron chi connectivity index (χ4n) is 1.38. The zero-order chi connectivity index (χ0) is 10.8. The number of aryl methyl sites for hydroxylation is 1. The van der Waals surface area contributed by atoms with Crippen LogP contribution in [0, 0.1) is 0 Å². The van der Waals surface area contributed by atoms with Crippen LogP contribution in [-0.4, -0.2) is 20.6 Å². The van der Waals surface area contributed by atoms with Gasteiger partial charge in [-0.05, 0) is 12.1 Å². The number of hydrogen-bond acceptors (Lipinski definition) is 3. The molecule has 0 atom stereocenters. The van der Waals surface area contributed by atoms with E-state index in [-0.39, 0.29) is 11.1 Å². The second-order valence-electron chi connectivity index (χ2n) is 3.07. The molecular weight excluding hydrogens is 194 g/mol. The van der Waals surface area contributed by atoms with Gasteiger partial charge < -0.3 is 0 Å². The highest BCUT2D eigenvalue weighted by Crippen LogP contribution is 2.02. The Kier molecular flexibility index (Phi) is 2.21. The van der Waals surface area contributed by atoms with E-state index in [1.165, 1.54) is 10.6 Å². The van der Waals surface area contributed by atoms with E-state index < -0.39 is 0 Å². The van der Waals surface area contributed by atoms with Crippen molar-refractivity contribution in [2.24, 2.45) is 7.05 Å². The molecule has 0 radical (unpaired) electrons. The molecule has 5 heteroatoms. The van der Waals surface area contributed by atoms with Crippen LogP contribution >= 0.6 is 0 Å². The minimum absolute atomic E-state index is 0.138. The van der Waals surface area contributed by atoms with Crippen LogP contribution in [0.15, 0.2) is 35.4 Å². The molecule has 0 unspecified atom stereocenters. The zero-order valence-corrected chi connectivity index (χ0v) is 8.12. The number of aromatic nitrogens is 3. The third-order valence-electron chi connectivity index (χ3n) is 2.15. The Morgan fingerprint density at radius 1 is 1.40 bits per heavy atom. The SMILES string of the molecule is Cn1nccc1-n1cccc(C=O)c1=O. The maximum Gasteiger partial charge on any atom is 0.266 e. The Morgan fingerprint density at radius 2 is 2.20 bits per heavy atom. The predicted octanol–water partition coefficient (Wildman–Crippen LogP) is 0.384. The van der Waals surface area contributed by atoms with E-state index in [1.807, 2.05) is 0 Å². The molecule has 0 saturated heterocycles. The van der Waals surface area contributed by atoms with Crippen molar-refractivity contribution in [1.29, 1.82) is 0 Å². The molecule has 2 rings (SSSR count). The largest absolute Gasteiger partial charge is 0.298 e. The highest BCUT2D eigenvalue weighted by Gasteiger charge is 2.06. The molecule has 0 fully saturated rings. The molecule has 15 heavy (non-hydrogen) atoms. The third-order valence-corrected chi connectivity index (χ3v) is 2.15. The molecule has 0 aromatic carbocycles. The molecule has 2 aromatic rings. The quantitative estimate of drug-likeness (QED) is 0.663. The summed E-state index contributed by atoms with van der Waals surface area (Å²) in [5.74, 6) is 0.628. The number of carbonyl (C=O) groups is 1. The zero-order valence-electron chi connectivity index (χ0n) is 8.12. The highest BCUT2D eigenvalue weighted by atomic mass is 16.1. The lowest BCUT2D eigenvalue weighted by Gasteiger charge is -2.05. The van der Waals surface area contributed by atoms with Gasteiger partial charge in [-0.25, -0.2) is 0 Å². The summed E-state index contributed by atoms with van der Waals surface area (Å²) in [7, 11) is 1.73. The van der Waals surface area contributed by atoms with Crippen molar-refractivity contribution in [3.8, 4) is 5.82 Å². The second-order valence-corrected chi connectivity index (χ2v) is 3.07. The molecule has 76 valence electrons. The summed E-state index contributed by atoms with van der Waals surface area (Å²) in [6.07, 6.45) is 3.75. The standard InChI is InChI=1S/C10H9N3O2/c1-12-9(4-5-11-12)13-6-2-3-8(7-14)10(13)15/h2-7H,1H3. The van der Waals surface area contributed by atoms with Crippen molar-refractivity contribution in [3.05, 3.63) is 46.5 Å². The molecule has 0 amide bonds. The number of rotatable bonds is 2. The monoisotopic (exact) mass is 203 g/mol. The minimum Gasteiger partial charge on any atom is -0.298 e. The first kappa shape index (κ1) is 9.39. The minimum atomic E-state index is -0.337. The fourth-order valence-corrected chi connectivity index (χ4v) is 1.38. The van der Waals surface area contributed by atoms with E-state index >= 15 is 0 Å². The summed E-state index contributed by atoms with van der Waals surface area (Å²) >= 11 is 0. The summed E-state index contributed by atoms with van der Waals surface area (Å²) in [5, 5.41) is 3.96. The summed E-state index contributed by atoms with van der Waals surface area (Å²) in [4.78, 5) is 22.3. The summed E-state index contributed by atoms with van der Waals surface area (Å²) < 4.78 is 2.95. The molecule has 2 heterocycles. The average molecular weight is 203 g/mol. The van der Waals surface area contributed by atoms with Crippen LogP contribution in [0.5, 0.6) is 0 Å². The van der Waals surface area contributed by atoms with E-state index in [9.17, 15) is 9.59 Å². The van der Waals surface area contributed by atoms with Crippen LogP contribution in [0.3, 0.4) is 0 Å². The maximum absolute atomic E-state index is 11.7. The number of aldehydes is 1. The lowest BCUT2D eigenvalue weighted by Crippen LogP contribution is -2.22. The predicted molar refractivity (Wildman–Crippen MR) is 54.2 cm³/mol. The molecule has 0 aliphatic carbocycles. The van der Waals surface area contributed by atoms with E-state index in [0.29, 0.717) is 12.1 Å². The van der Waals surface area contributed by atoms with Gasteiger partial charge in [-0.1, -0.05) is 0 Å². The van der Waals surface area contributed by atoms with E-state index in [2.05, 4.69) is 5.10 Å². The van der Waals surface area contributed by atoms with Crippen molar-refractivity contribution < 1.29 is 4.79 Å². The first-order chi connectivity index (χ1) is 7.24. The van der Waals surface area contributed by atoms with Crippen molar-refractivity contribution in [2.45, 2.75) is 0 Å².